The fourth-order valence-corrected chi connectivity index (χ4v) is 7.56. The third-order valence-corrected chi connectivity index (χ3v) is 9.41. The van der Waals surface area contributed by atoms with E-state index in [1.807, 2.05) is 13.8 Å². The number of aliphatic hydroxyl groups excluding tert-OH is 2. The summed E-state index contributed by atoms with van der Waals surface area (Å²) >= 11 is 0. The molecule has 7 atom stereocenters. The molecule has 3 rings (SSSR count). The van der Waals surface area contributed by atoms with Crippen molar-refractivity contribution in [1.82, 2.24) is 0 Å². The molecule has 3 aliphatic carbocycles. The minimum atomic E-state index is -0.623. The molecule has 0 unspecified atom stereocenters. The van der Waals surface area contributed by atoms with Gasteiger partial charge in [0.15, 0.2) is 0 Å². The molecule has 0 amide bonds. The summed E-state index contributed by atoms with van der Waals surface area (Å²) in [4.78, 5) is 0. The first-order chi connectivity index (χ1) is 15.5. The molecule has 0 aliphatic heterocycles. The van der Waals surface area contributed by atoms with Crippen LogP contribution in [0.2, 0.25) is 0 Å². The van der Waals surface area contributed by atoms with Crippen molar-refractivity contribution in [3.63, 3.8) is 0 Å². The van der Waals surface area contributed by atoms with Gasteiger partial charge in [0.05, 0.1) is 17.8 Å². The highest BCUT2D eigenvalue weighted by Gasteiger charge is 2.51. The second kappa shape index (κ2) is 10.8. The van der Waals surface area contributed by atoms with Crippen LogP contribution < -0.4 is 0 Å². The van der Waals surface area contributed by atoms with Crippen molar-refractivity contribution in [1.29, 1.82) is 0 Å². The SMILES string of the molecule is C=C1[C@H](O)CC(=C/C=C2\CCC[C@]3(C)[C@@H]([C@H](C)[C@H](CCCC)CC(C)(C)O)CC[C@@H]23)C[C@H]1O. The van der Waals surface area contributed by atoms with E-state index in [-0.39, 0.29) is 0 Å². The molecule has 0 aromatic carbocycles. The first-order valence-electron chi connectivity index (χ1n) is 13.6. The van der Waals surface area contributed by atoms with Crippen molar-refractivity contribution in [2.45, 2.75) is 123 Å². The fraction of sp³-hybridized carbons (Fsp3) is 0.800. The van der Waals surface area contributed by atoms with E-state index in [4.69, 9.17) is 0 Å². The van der Waals surface area contributed by atoms with E-state index in [0.717, 1.165) is 12.0 Å². The minimum absolute atomic E-state index is 0.339. The Morgan fingerprint density at radius 1 is 1.15 bits per heavy atom. The number of rotatable bonds is 8. The molecular weight excluding hydrogens is 408 g/mol. The lowest BCUT2D eigenvalue weighted by atomic mass is 9.59. The summed E-state index contributed by atoms with van der Waals surface area (Å²) in [5.41, 5.74) is 3.00. The van der Waals surface area contributed by atoms with Crippen LogP contribution in [-0.2, 0) is 0 Å². The zero-order chi connectivity index (χ0) is 24.4. The lowest BCUT2D eigenvalue weighted by Gasteiger charge is -2.46. The van der Waals surface area contributed by atoms with E-state index in [1.165, 1.54) is 51.4 Å². The molecule has 3 fully saturated rings. The standard InChI is InChI=1S/C30H50O3/c1-7-8-10-24(19-29(4,5)33)20(2)25-14-15-26-23(11-9-16-30(25,26)6)13-12-22-17-27(31)21(3)28(32)18-22/h12-13,20,24-28,31-33H,3,7-11,14-19H2,1-2,4-6H3/b23-13+/t20-,24-,25-,26+,27-,28-,30-/m1/s1. The van der Waals surface area contributed by atoms with Crippen LogP contribution >= 0.6 is 0 Å². The van der Waals surface area contributed by atoms with Gasteiger partial charge in [-0.3, -0.25) is 0 Å². The molecule has 188 valence electrons. The van der Waals surface area contributed by atoms with Crippen molar-refractivity contribution in [3.8, 4) is 0 Å². The molecule has 0 aromatic rings. The number of hydrogen-bond acceptors (Lipinski definition) is 3. The van der Waals surface area contributed by atoms with Crippen LogP contribution in [0.5, 0.6) is 0 Å². The van der Waals surface area contributed by atoms with E-state index in [2.05, 4.69) is 39.5 Å². The summed E-state index contributed by atoms with van der Waals surface area (Å²) < 4.78 is 0. The zero-order valence-corrected chi connectivity index (χ0v) is 21.9. The molecule has 3 aliphatic rings. The van der Waals surface area contributed by atoms with Gasteiger partial charge in [-0.05, 0) is 99.9 Å². The first kappa shape index (κ1) is 26.7. The smallest absolute Gasteiger partial charge is 0.0809 e. The van der Waals surface area contributed by atoms with Gasteiger partial charge in [0.25, 0.3) is 0 Å². The van der Waals surface area contributed by atoms with Crippen molar-refractivity contribution < 1.29 is 15.3 Å². The monoisotopic (exact) mass is 458 g/mol. The fourth-order valence-electron chi connectivity index (χ4n) is 7.56. The average Bonchev–Trinajstić information content (AvgIpc) is 3.09. The van der Waals surface area contributed by atoms with Crippen molar-refractivity contribution in [3.05, 3.63) is 35.5 Å². The number of allylic oxidation sites excluding steroid dienone is 3. The highest BCUT2D eigenvalue weighted by Crippen LogP contribution is 2.60. The predicted molar refractivity (Wildman–Crippen MR) is 138 cm³/mol. The van der Waals surface area contributed by atoms with E-state index >= 15 is 0 Å². The van der Waals surface area contributed by atoms with E-state index in [1.54, 1.807) is 5.57 Å². The molecule has 0 saturated heterocycles. The normalized spacial score (nSPS) is 36.1. The van der Waals surface area contributed by atoms with Gasteiger partial charge in [0.2, 0.25) is 0 Å². The maximum atomic E-state index is 10.6. The van der Waals surface area contributed by atoms with Gasteiger partial charge in [0.1, 0.15) is 0 Å². The summed E-state index contributed by atoms with van der Waals surface area (Å²) in [7, 11) is 0. The van der Waals surface area contributed by atoms with Crippen LogP contribution in [0.4, 0.5) is 0 Å². The number of unbranched alkanes of at least 4 members (excludes halogenated alkanes) is 1. The van der Waals surface area contributed by atoms with Gasteiger partial charge < -0.3 is 15.3 Å². The Kier molecular flexibility index (Phi) is 8.73. The van der Waals surface area contributed by atoms with Crippen molar-refractivity contribution >= 4 is 0 Å². The lowest BCUT2D eigenvalue weighted by Crippen LogP contribution is -2.39. The number of aliphatic hydroxyl groups is 3. The van der Waals surface area contributed by atoms with Crippen LogP contribution in [0.3, 0.4) is 0 Å². The van der Waals surface area contributed by atoms with Gasteiger partial charge in [-0.2, -0.15) is 0 Å². The Morgan fingerprint density at radius 3 is 2.42 bits per heavy atom. The van der Waals surface area contributed by atoms with Crippen molar-refractivity contribution in [2.75, 3.05) is 0 Å². The maximum Gasteiger partial charge on any atom is 0.0809 e. The second-order valence-corrected chi connectivity index (χ2v) is 12.5. The maximum absolute atomic E-state index is 10.6. The molecule has 3 saturated carbocycles. The van der Waals surface area contributed by atoms with Gasteiger partial charge in [0, 0.05) is 0 Å². The molecule has 0 aromatic heterocycles. The molecule has 0 spiro atoms. The van der Waals surface area contributed by atoms with Gasteiger partial charge in [-0.25, -0.2) is 0 Å². The van der Waals surface area contributed by atoms with E-state index in [0.29, 0.717) is 47.5 Å². The second-order valence-electron chi connectivity index (χ2n) is 12.5. The Bertz CT molecular complexity index is 726. The first-order valence-corrected chi connectivity index (χ1v) is 13.6. The largest absolute Gasteiger partial charge is 0.390 e. The van der Waals surface area contributed by atoms with Gasteiger partial charge in [-0.1, -0.05) is 69.9 Å². The molecule has 3 N–H and O–H groups in total. The molecule has 3 heteroatoms. The molecule has 0 heterocycles. The lowest BCUT2D eigenvalue weighted by molar-refractivity contribution is 0.0118. The summed E-state index contributed by atoms with van der Waals surface area (Å²) in [6.45, 7) is 15.1. The number of fused-ring (bicyclic) bond motifs is 1. The summed E-state index contributed by atoms with van der Waals surface area (Å²) in [6, 6.07) is 0. The van der Waals surface area contributed by atoms with Crippen LogP contribution in [0, 0.1) is 29.1 Å². The highest BCUT2D eigenvalue weighted by molar-refractivity contribution is 5.29. The van der Waals surface area contributed by atoms with Crippen LogP contribution in [0.25, 0.3) is 0 Å². The summed E-state index contributed by atoms with van der Waals surface area (Å²) in [5.74, 6) is 2.56. The highest BCUT2D eigenvalue weighted by atomic mass is 16.3. The van der Waals surface area contributed by atoms with Gasteiger partial charge >= 0.3 is 0 Å². The molecular formula is C30H50O3. The molecule has 0 bridgehead atoms. The topological polar surface area (TPSA) is 60.7 Å². The number of hydrogen-bond donors (Lipinski definition) is 3. The third kappa shape index (κ3) is 6.21. The molecule has 33 heavy (non-hydrogen) atoms. The van der Waals surface area contributed by atoms with E-state index in [9.17, 15) is 15.3 Å². The predicted octanol–water partition coefficient (Wildman–Crippen LogP) is 6.73. The third-order valence-electron chi connectivity index (χ3n) is 9.41. The van der Waals surface area contributed by atoms with Crippen LogP contribution in [0.1, 0.15) is 105 Å². The van der Waals surface area contributed by atoms with Crippen LogP contribution in [-0.4, -0.2) is 33.1 Å². The zero-order valence-electron chi connectivity index (χ0n) is 21.9. The van der Waals surface area contributed by atoms with Gasteiger partial charge in [-0.15, -0.1) is 0 Å². The Labute approximate surface area is 203 Å². The Balaban J connectivity index is 1.77. The Hall–Kier alpha value is -0.900. The van der Waals surface area contributed by atoms with Crippen molar-refractivity contribution in [2.24, 2.45) is 29.1 Å². The molecule has 3 nitrogen and oxygen atoms in total. The Morgan fingerprint density at radius 2 is 1.82 bits per heavy atom. The van der Waals surface area contributed by atoms with Crippen LogP contribution in [0.15, 0.2) is 35.5 Å². The van der Waals surface area contributed by atoms with E-state index < -0.39 is 17.8 Å². The average molecular weight is 459 g/mol. The summed E-state index contributed by atoms with van der Waals surface area (Å²) in [6.07, 6.45) is 15.4. The summed E-state index contributed by atoms with van der Waals surface area (Å²) in [5, 5.41) is 31.0. The minimum Gasteiger partial charge on any atom is -0.390 e. The molecule has 0 radical (unpaired) electrons. The quantitative estimate of drug-likeness (QED) is 0.353.